The maximum absolute atomic E-state index is 12.4. The third-order valence-electron chi connectivity index (χ3n) is 3.23. The Kier molecular flexibility index (Phi) is 4.39. The van der Waals surface area contributed by atoms with Crippen molar-refractivity contribution in [1.82, 2.24) is 9.78 Å². The zero-order valence-corrected chi connectivity index (χ0v) is 14.0. The van der Waals surface area contributed by atoms with Gasteiger partial charge in [0.25, 0.3) is 5.91 Å². The summed E-state index contributed by atoms with van der Waals surface area (Å²) in [4.78, 5) is 12.4. The lowest BCUT2D eigenvalue weighted by molar-refractivity contribution is 0.0948. The number of rotatable bonds is 3. The molecule has 2 aromatic carbocycles. The number of hydrogen-bond acceptors (Lipinski definition) is 6. The number of hydrogen-bond donors (Lipinski definition) is 2. The summed E-state index contributed by atoms with van der Waals surface area (Å²) < 4.78 is 1.96. The average molecular weight is 385 g/mol. The van der Waals surface area contributed by atoms with Gasteiger partial charge in [0.1, 0.15) is 0 Å². The van der Waals surface area contributed by atoms with Crippen LogP contribution in [0.5, 0.6) is 0 Å². The number of carbonyl (C=O) groups excluding carboxylic acids is 1. The molecule has 0 aliphatic carbocycles. The predicted octanol–water partition coefficient (Wildman–Crippen LogP) is 3.91. The molecule has 7 nitrogen and oxygen atoms in total. The van der Waals surface area contributed by atoms with Gasteiger partial charge in [-0.25, -0.2) is 0 Å². The summed E-state index contributed by atoms with van der Waals surface area (Å²) in [6, 6.07) is 15.9. The van der Waals surface area contributed by atoms with Crippen LogP contribution in [0, 0.1) is 0 Å². The number of azo groups is 1. The van der Waals surface area contributed by atoms with Gasteiger partial charge in [-0.05, 0) is 36.4 Å². The highest BCUT2D eigenvalue weighted by Gasteiger charge is 2.19. The number of nitrogens with zero attached hydrogens (tertiary/aromatic N) is 4. The van der Waals surface area contributed by atoms with E-state index < -0.39 is 0 Å². The first-order valence-corrected chi connectivity index (χ1v) is 7.76. The number of carbonyl (C=O) groups is 1. The summed E-state index contributed by atoms with van der Waals surface area (Å²) in [5, 5.41) is 12.1. The summed E-state index contributed by atoms with van der Waals surface area (Å²) in [7, 11) is 0. The molecule has 0 aliphatic heterocycles. The van der Waals surface area contributed by atoms with E-state index in [0.29, 0.717) is 11.3 Å². The van der Waals surface area contributed by atoms with Crippen LogP contribution in [0.1, 0.15) is 10.4 Å². The van der Waals surface area contributed by atoms with Crippen LogP contribution in [-0.2, 0) is 0 Å². The van der Waals surface area contributed by atoms with Gasteiger partial charge < -0.3 is 11.5 Å². The molecule has 1 heterocycles. The van der Waals surface area contributed by atoms with Crippen molar-refractivity contribution >= 4 is 44.8 Å². The van der Waals surface area contributed by atoms with Crippen molar-refractivity contribution in [2.75, 3.05) is 11.5 Å². The van der Waals surface area contributed by atoms with Gasteiger partial charge in [-0.1, -0.05) is 34.1 Å². The normalized spacial score (nSPS) is 11.0. The fraction of sp³-hybridized carbons (Fsp3) is 0. The maximum atomic E-state index is 12.4. The molecule has 4 N–H and O–H groups in total. The molecular weight excluding hydrogens is 372 g/mol. The van der Waals surface area contributed by atoms with Gasteiger partial charge in [-0.2, -0.15) is 9.80 Å². The van der Waals surface area contributed by atoms with Crippen LogP contribution in [0.3, 0.4) is 0 Å². The van der Waals surface area contributed by atoms with Crippen LogP contribution in [0.2, 0.25) is 0 Å². The second kappa shape index (κ2) is 6.63. The molecule has 0 aliphatic rings. The van der Waals surface area contributed by atoms with Gasteiger partial charge in [0, 0.05) is 10.0 Å². The van der Waals surface area contributed by atoms with Crippen LogP contribution in [0.25, 0.3) is 0 Å². The Bertz CT molecular complexity index is 902. The van der Waals surface area contributed by atoms with Crippen molar-refractivity contribution in [1.29, 1.82) is 0 Å². The standard InChI is InChI=1S/C16H13BrN6O/c17-11-6-8-12(9-7-11)20-21-13-14(18)22-23(15(13)19)16(24)10-4-2-1-3-5-10/h1-9H,19H2,(H2,18,22). The SMILES string of the molecule is Nc1nn(C(=O)c2ccccc2)c(N)c1N=Nc1ccc(Br)cc1. The number of benzene rings is 2. The Morgan fingerprint density at radius 2 is 1.67 bits per heavy atom. The highest BCUT2D eigenvalue weighted by atomic mass is 79.9. The summed E-state index contributed by atoms with van der Waals surface area (Å²) in [6.07, 6.45) is 0. The number of aromatic nitrogens is 2. The third kappa shape index (κ3) is 3.18. The molecule has 0 atom stereocenters. The molecule has 0 bridgehead atoms. The van der Waals surface area contributed by atoms with Crippen LogP contribution in [-0.4, -0.2) is 15.7 Å². The number of halogens is 1. The first-order valence-electron chi connectivity index (χ1n) is 6.97. The highest BCUT2D eigenvalue weighted by Crippen LogP contribution is 2.31. The molecule has 3 aromatic rings. The number of nitrogens with two attached hydrogens (primary N) is 2. The molecule has 0 saturated heterocycles. The van der Waals surface area contributed by atoms with Gasteiger partial charge in [-0.3, -0.25) is 4.79 Å². The maximum Gasteiger partial charge on any atom is 0.280 e. The van der Waals surface area contributed by atoms with Gasteiger partial charge in [0.15, 0.2) is 17.3 Å². The van der Waals surface area contributed by atoms with E-state index in [0.717, 1.165) is 9.15 Å². The fourth-order valence-corrected chi connectivity index (χ4v) is 2.28. The molecule has 0 amide bonds. The average Bonchev–Trinajstić information content (AvgIpc) is 2.89. The van der Waals surface area contributed by atoms with E-state index in [1.807, 2.05) is 18.2 Å². The van der Waals surface area contributed by atoms with E-state index in [-0.39, 0.29) is 23.2 Å². The van der Waals surface area contributed by atoms with E-state index in [4.69, 9.17) is 11.5 Å². The molecule has 1 aromatic heterocycles. The molecule has 3 rings (SSSR count). The minimum absolute atomic E-state index is 0.0395. The summed E-state index contributed by atoms with van der Waals surface area (Å²) in [5.41, 5.74) is 13.0. The minimum Gasteiger partial charge on any atom is -0.382 e. The zero-order chi connectivity index (χ0) is 17.1. The molecule has 24 heavy (non-hydrogen) atoms. The Morgan fingerprint density at radius 1 is 1.00 bits per heavy atom. The monoisotopic (exact) mass is 384 g/mol. The van der Waals surface area contributed by atoms with Crippen LogP contribution in [0.4, 0.5) is 23.0 Å². The quantitative estimate of drug-likeness (QED) is 0.666. The Hall–Kier alpha value is -3.00. The fourth-order valence-electron chi connectivity index (χ4n) is 2.02. The number of anilines is 2. The third-order valence-corrected chi connectivity index (χ3v) is 3.76. The Balaban J connectivity index is 1.92. The van der Waals surface area contributed by atoms with E-state index in [2.05, 4.69) is 31.3 Å². The molecule has 8 heteroatoms. The zero-order valence-electron chi connectivity index (χ0n) is 12.4. The number of nitrogen functional groups attached to an aromatic ring is 2. The molecule has 0 spiro atoms. The van der Waals surface area contributed by atoms with Gasteiger partial charge in [-0.15, -0.1) is 10.2 Å². The molecule has 0 radical (unpaired) electrons. The lowest BCUT2D eigenvalue weighted by Gasteiger charge is -2.02. The first-order chi connectivity index (χ1) is 11.6. The van der Waals surface area contributed by atoms with E-state index in [1.54, 1.807) is 36.4 Å². The minimum atomic E-state index is -0.384. The van der Waals surface area contributed by atoms with Crippen molar-refractivity contribution in [2.24, 2.45) is 10.2 Å². The molecule has 0 saturated carbocycles. The topological polar surface area (TPSA) is 112 Å². The Labute approximate surface area is 146 Å². The lowest BCUT2D eigenvalue weighted by atomic mass is 10.2. The van der Waals surface area contributed by atoms with E-state index in [9.17, 15) is 4.79 Å². The van der Waals surface area contributed by atoms with Crippen LogP contribution < -0.4 is 11.5 Å². The predicted molar refractivity (Wildman–Crippen MR) is 95.5 cm³/mol. The largest absolute Gasteiger partial charge is 0.382 e. The second-order valence-electron chi connectivity index (χ2n) is 4.88. The summed E-state index contributed by atoms with van der Waals surface area (Å²) in [5.74, 6) is -0.301. The summed E-state index contributed by atoms with van der Waals surface area (Å²) in [6.45, 7) is 0. The van der Waals surface area contributed by atoms with Gasteiger partial charge in [0.2, 0.25) is 0 Å². The van der Waals surface area contributed by atoms with Crippen LogP contribution in [0.15, 0.2) is 69.3 Å². The van der Waals surface area contributed by atoms with Crippen molar-refractivity contribution in [2.45, 2.75) is 0 Å². The molecule has 120 valence electrons. The highest BCUT2D eigenvalue weighted by molar-refractivity contribution is 9.10. The van der Waals surface area contributed by atoms with E-state index >= 15 is 0 Å². The smallest absolute Gasteiger partial charge is 0.280 e. The molecule has 0 unspecified atom stereocenters. The first kappa shape index (κ1) is 15.9. The van der Waals surface area contributed by atoms with Crippen molar-refractivity contribution in [3.8, 4) is 0 Å². The molecular formula is C16H13BrN6O. The Morgan fingerprint density at radius 3 is 2.33 bits per heavy atom. The second-order valence-corrected chi connectivity index (χ2v) is 5.79. The lowest BCUT2D eigenvalue weighted by Crippen LogP contribution is -2.16. The summed E-state index contributed by atoms with van der Waals surface area (Å²) >= 11 is 3.34. The van der Waals surface area contributed by atoms with Gasteiger partial charge in [0.05, 0.1) is 5.69 Å². The van der Waals surface area contributed by atoms with Crippen molar-refractivity contribution < 1.29 is 4.79 Å². The van der Waals surface area contributed by atoms with Crippen LogP contribution >= 0.6 is 15.9 Å². The van der Waals surface area contributed by atoms with E-state index in [1.165, 1.54) is 0 Å². The van der Waals surface area contributed by atoms with Gasteiger partial charge >= 0.3 is 0 Å². The van der Waals surface area contributed by atoms with Crippen molar-refractivity contribution in [3.05, 3.63) is 64.6 Å². The molecule has 0 fully saturated rings. The van der Waals surface area contributed by atoms with Crippen molar-refractivity contribution in [3.63, 3.8) is 0 Å².